The first-order valence-corrected chi connectivity index (χ1v) is 9.95. The molecule has 0 aliphatic heterocycles. The fourth-order valence-corrected chi connectivity index (χ4v) is 3.24. The summed E-state index contributed by atoms with van der Waals surface area (Å²) in [5.41, 5.74) is 2.29. The van der Waals surface area contributed by atoms with Crippen molar-refractivity contribution in [3.63, 3.8) is 0 Å². The molecule has 1 amide bonds. The van der Waals surface area contributed by atoms with Crippen molar-refractivity contribution in [3.8, 4) is 23.0 Å². The van der Waals surface area contributed by atoms with Gasteiger partial charge in [-0.1, -0.05) is 17.7 Å². The number of hydrogen-bond donors (Lipinski definition) is 1. The highest BCUT2D eigenvalue weighted by Gasteiger charge is 2.15. The minimum absolute atomic E-state index is 0.251. The Labute approximate surface area is 178 Å². The standard InChI is InChI=1S/C23H22BrNO4/c1-4-28-22-20(24)13-16(14-21(22)27-3)23(26)25-17-7-11-19(12-8-17)29-18-9-5-15(2)6-10-18/h5-14H,4H2,1-3H3,(H,25,26). The third-order valence-corrected chi connectivity index (χ3v) is 4.74. The van der Waals surface area contributed by atoms with Gasteiger partial charge < -0.3 is 19.5 Å². The van der Waals surface area contributed by atoms with Crippen LogP contribution in [0.4, 0.5) is 5.69 Å². The van der Waals surface area contributed by atoms with Crippen molar-refractivity contribution in [3.05, 3.63) is 76.3 Å². The van der Waals surface area contributed by atoms with Crippen LogP contribution in [0.15, 0.2) is 65.1 Å². The lowest BCUT2D eigenvalue weighted by Gasteiger charge is -2.13. The number of hydrogen-bond acceptors (Lipinski definition) is 4. The Bertz CT molecular complexity index is 985. The molecule has 0 saturated heterocycles. The molecule has 0 fully saturated rings. The van der Waals surface area contributed by atoms with Crippen molar-refractivity contribution in [1.82, 2.24) is 0 Å². The minimum atomic E-state index is -0.251. The fourth-order valence-electron chi connectivity index (χ4n) is 2.69. The molecule has 0 aliphatic carbocycles. The molecule has 6 heteroatoms. The summed E-state index contributed by atoms with van der Waals surface area (Å²) in [6, 6.07) is 18.4. The second-order valence-electron chi connectivity index (χ2n) is 6.32. The summed E-state index contributed by atoms with van der Waals surface area (Å²) >= 11 is 3.44. The van der Waals surface area contributed by atoms with Gasteiger partial charge in [0.2, 0.25) is 0 Å². The van der Waals surface area contributed by atoms with E-state index in [9.17, 15) is 4.79 Å². The Morgan fingerprint density at radius 1 is 1.00 bits per heavy atom. The number of amides is 1. The van der Waals surface area contributed by atoms with Crippen LogP contribution >= 0.6 is 15.9 Å². The molecule has 0 atom stereocenters. The first kappa shape index (κ1) is 20.7. The summed E-state index contributed by atoms with van der Waals surface area (Å²) in [5, 5.41) is 2.88. The van der Waals surface area contributed by atoms with Gasteiger partial charge in [0, 0.05) is 11.3 Å². The van der Waals surface area contributed by atoms with Crippen LogP contribution < -0.4 is 19.5 Å². The van der Waals surface area contributed by atoms with Gasteiger partial charge in [0.1, 0.15) is 11.5 Å². The SMILES string of the molecule is CCOc1c(Br)cc(C(=O)Nc2ccc(Oc3ccc(C)cc3)cc2)cc1OC. The molecule has 0 saturated carbocycles. The second kappa shape index (κ2) is 9.47. The van der Waals surface area contributed by atoms with E-state index in [2.05, 4.69) is 21.2 Å². The zero-order valence-corrected chi connectivity index (χ0v) is 18.1. The van der Waals surface area contributed by atoms with Gasteiger partial charge >= 0.3 is 0 Å². The van der Waals surface area contributed by atoms with E-state index >= 15 is 0 Å². The van der Waals surface area contributed by atoms with Crippen LogP contribution in [0.3, 0.4) is 0 Å². The molecule has 3 rings (SSSR count). The number of nitrogens with one attached hydrogen (secondary N) is 1. The van der Waals surface area contributed by atoms with Crippen molar-refractivity contribution in [1.29, 1.82) is 0 Å². The molecule has 0 bridgehead atoms. The van der Waals surface area contributed by atoms with Crippen LogP contribution in [-0.4, -0.2) is 19.6 Å². The molecule has 150 valence electrons. The highest BCUT2D eigenvalue weighted by molar-refractivity contribution is 9.10. The van der Waals surface area contributed by atoms with Crippen molar-refractivity contribution in [2.45, 2.75) is 13.8 Å². The quantitative estimate of drug-likeness (QED) is 0.459. The number of benzene rings is 3. The molecule has 0 aliphatic rings. The monoisotopic (exact) mass is 455 g/mol. The van der Waals surface area contributed by atoms with Gasteiger partial charge in [-0.3, -0.25) is 4.79 Å². The predicted molar refractivity (Wildman–Crippen MR) is 118 cm³/mol. The molecular weight excluding hydrogens is 434 g/mol. The number of halogens is 1. The second-order valence-corrected chi connectivity index (χ2v) is 7.17. The van der Waals surface area contributed by atoms with Crippen molar-refractivity contribution in [2.24, 2.45) is 0 Å². The van der Waals surface area contributed by atoms with Crippen molar-refractivity contribution in [2.75, 3.05) is 19.0 Å². The molecule has 5 nitrogen and oxygen atoms in total. The van der Waals surface area contributed by atoms with Gasteiger partial charge in [-0.15, -0.1) is 0 Å². The van der Waals surface area contributed by atoms with E-state index in [0.717, 1.165) is 5.75 Å². The first-order chi connectivity index (χ1) is 14.0. The van der Waals surface area contributed by atoms with Crippen LogP contribution in [0, 0.1) is 6.92 Å². The molecule has 3 aromatic rings. The molecule has 0 heterocycles. The van der Waals surface area contributed by atoms with E-state index in [-0.39, 0.29) is 5.91 Å². The molecular formula is C23H22BrNO4. The van der Waals surface area contributed by atoms with E-state index in [1.807, 2.05) is 50.2 Å². The Kier molecular flexibility index (Phi) is 6.77. The number of ether oxygens (including phenoxy) is 3. The lowest BCUT2D eigenvalue weighted by Crippen LogP contribution is -2.12. The van der Waals surface area contributed by atoms with Gasteiger partial charge in [0.05, 0.1) is 18.2 Å². The average Bonchev–Trinajstić information content (AvgIpc) is 2.72. The summed E-state index contributed by atoms with van der Waals surface area (Å²) in [6.45, 7) is 4.41. The van der Waals surface area contributed by atoms with Crippen LogP contribution in [0.5, 0.6) is 23.0 Å². The number of anilines is 1. The molecule has 0 aromatic heterocycles. The highest BCUT2D eigenvalue weighted by atomic mass is 79.9. The Morgan fingerprint density at radius 2 is 1.62 bits per heavy atom. The van der Waals surface area contributed by atoms with Crippen LogP contribution in [0.2, 0.25) is 0 Å². The Morgan fingerprint density at radius 3 is 2.21 bits per heavy atom. The Hall–Kier alpha value is -2.99. The van der Waals surface area contributed by atoms with E-state index in [0.29, 0.717) is 39.6 Å². The molecule has 0 spiro atoms. The molecule has 1 N–H and O–H groups in total. The maximum atomic E-state index is 12.7. The zero-order valence-electron chi connectivity index (χ0n) is 16.5. The molecule has 29 heavy (non-hydrogen) atoms. The normalized spacial score (nSPS) is 10.3. The topological polar surface area (TPSA) is 56.8 Å². The largest absolute Gasteiger partial charge is 0.493 e. The van der Waals surface area contributed by atoms with Crippen molar-refractivity contribution < 1.29 is 19.0 Å². The summed E-state index contributed by atoms with van der Waals surface area (Å²) in [4.78, 5) is 12.7. The third kappa shape index (κ3) is 5.29. The van der Waals surface area contributed by atoms with Gasteiger partial charge in [-0.25, -0.2) is 0 Å². The number of aryl methyl sites for hydroxylation is 1. The average molecular weight is 456 g/mol. The Balaban J connectivity index is 1.70. The van der Waals surface area contributed by atoms with Crippen LogP contribution in [0.25, 0.3) is 0 Å². The molecule has 0 unspecified atom stereocenters. The lowest BCUT2D eigenvalue weighted by atomic mass is 10.1. The van der Waals surface area contributed by atoms with E-state index in [1.54, 1.807) is 31.4 Å². The first-order valence-electron chi connectivity index (χ1n) is 9.16. The minimum Gasteiger partial charge on any atom is -0.493 e. The maximum Gasteiger partial charge on any atom is 0.255 e. The zero-order chi connectivity index (χ0) is 20.8. The number of carbonyl (C=O) groups excluding carboxylic acids is 1. The smallest absolute Gasteiger partial charge is 0.255 e. The number of methoxy groups -OCH3 is 1. The summed E-state index contributed by atoms with van der Waals surface area (Å²) in [6.07, 6.45) is 0. The molecule has 0 radical (unpaired) electrons. The fraction of sp³-hybridized carbons (Fsp3) is 0.174. The van der Waals surface area contributed by atoms with E-state index in [1.165, 1.54) is 5.56 Å². The van der Waals surface area contributed by atoms with Gasteiger partial charge in [-0.05, 0) is 78.3 Å². The number of carbonyl (C=O) groups is 1. The van der Waals surface area contributed by atoms with Crippen molar-refractivity contribution >= 4 is 27.5 Å². The van der Waals surface area contributed by atoms with E-state index < -0.39 is 0 Å². The van der Waals surface area contributed by atoms with Crippen LogP contribution in [0.1, 0.15) is 22.8 Å². The van der Waals surface area contributed by atoms with E-state index in [4.69, 9.17) is 14.2 Å². The summed E-state index contributed by atoms with van der Waals surface area (Å²) in [5.74, 6) is 2.27. The highest BCUT2D eigenvalue weighted by Crippen LogP contribution is 2.37. The molecule has 3 aromatic carbocycles. The van der Waals surface area contributed by atoms with Gasteiger partial charge in [0.15, 0.2) is 11.5 Å². The summed E-state index contributed by atoms with van der Waals surface area (Å²) in [7, 11) is 1.54. The predicted octanol–water partition coefficient (Wildman–Crippen LogP) is 6.21. The lowest BCUT2D eigenvalue weighted by molar-refractivity contribution is 0.102. The van der Waals surface area contributed by atoms with Gasteiger partial charge in [-0.2, -0.15) is 0 Å². The number of rotatable bonds is 7. The third-order valence-electron chi connectivity index (χ3n) is 4.15. The van der Waals surface area contributed by atoms with Gasteiger partial charge in [0.25, 0.3) is 5.91 Å². The van der Waals surface area contributed by atoms with Crippen LogP contribution in [-0.2, 0) is 0 Å². The summed E-state index contributed by atoms with van der Waals surface area (Å²) < 4.78 is 17.4. The maximum absolute atomic E-state index is 12.7.